The summed E-state index contributed by atoms with van der Waals surface area (Å²) in [5, 5.41) is 12.1. The Balaban J connectivity index is 1.37. The highest BCUT2D eigenvalue weighted by atomic mass is 16.5. The van der Waals surface area contributed by atoms with Gasteiger partial charge in [-0.05, 0) is 34.2 Å². The molecule has 0 saturated carbocycles. The summed E-state index contributed by atoms with van der Waals surface area (Å²) in [6.07, 6.45) is 0.645. The SMILES string of the molecule is CCCC(CNC(=O)OCC1c2ccccc2-c2ccccc21)C(=O)N(CC(=O)O)Cc1ccccc1. The number of rotatable bonds is 11. The second kappa shape index (κ2) is 12.2. The molecule has 1 unspecified atom stereocenters. The number of carbonyl (C=O) groups excluding carboxylic acids is 2. The van der Waals surface area contributed by atoms with Gasteiger partial charge in [-0.1, -0.05) is 92.2 Å². The molecule has 37 heavy (non-hydrogen) atoms. The molecule has 0 heterocycles. The molecule has 2 N–H and O–H groups in total. The van der Waals surface area contributed by atoms with E-state index in [1.165, 1.54) is 4.90 Å². The number of benzene rings is 3. The van der Waals surface area contributed by atoms with Gasteiger partial charge in [0, 0.05) is 19.0 Å². The number of nitrogens with zero attached hydrogens (tertiary/aromatic N) is 1. The molecule has 0 aliphatic heterocycles. The number of fused-ring (bicyclic) bond motifs is 3. The van der Waals surface area contributed by atoms with E-state index in [0.717, 1.165) is 34.2 Å². The Bertz CT molecular complexity index is 1200. The Morgan fingerprint density at radius 1 is 0.919 bits per heavy atom. The van der Waals surface area contributed by atoms with Crippen LogP contribution in [0.25, 0.3) is 11.1 Å². The third kappa shape index (κ3) is 6.36. The van der Waals surface area contributed by atoms with Crippen molar-refractivity contribution in [1.82, 2.24) is 10.2 Å². The molecule has 3 aromatic carbocycles. The lowest BCUT2D eigenvalue weighted by Crippen LogP contribution is -2.43. The van der Waals surface area contributed by atoms with Crippen LogP contribution < -0.4 is 5.32 Å². The fourth-order valence-electron chi connectivity index (χ4n) is 4.95. The maximum atomic E-state index is 13.3. The monoisotopic (exact) mass is 500 g/mol. The first-order valence-corrected chi connectivity index (χ1v) is 12.6. The fourth-order valence-corrected chi connectivity index (χ4v) is 4.95. The number of amides is 2. The molecule has 0 aromatic heterocycles. The topological polar surface area (TPSA) is 95.9 Å². The highest BCUT2D eigenvalue weighted by Gasteiger charge is 2.30. The predicted octanol–water partition coefficient (Wildman–Crippen LogP) is 5.05. The van der Waals surface area contributed by atoms with Crippen LogP contribution in [0.2, 0.25) is 0 Å². The van der Waals surface area contributed by atoms with Gasteiger partial charge < -0.3 is 20.1 Å². The van der Waals surface area contributed by atoms with Crippen molar-refractivity contribution in [3.8, 4) is 11.1 Å². The van der Waals surface area contributed by atoms with E-state index >= 15 is 0 Å². The van der Waals surface area contributed by atoms with Crippen LogP contribution in [0.15, 0.2) is 78.9 Å². The van der Waals surface area contributed by atoms with Gasteiger partial charge in [0.15, 0.2) is 0 Å². The van der Waals surface area contributed by atoms with Crippen LogP contribution in [0.1, 0.15) is 42.4 Å². The van der Waals surface area contributed by atoms with Crippen LogP contribution in [0.5, 0.6) is 0 Å². The van der Waals surface area contributed by atoms with Crippen molar-refractivity contribution < 1.29 is 24.2 Å². The maximum Gasteiger partial charge on any atom is 0.407 e. The quantitative estimate of drug-likeness (QED) is 0.384. The summed E-state index contributed by atoms with van der Waals surface area (Å²) >= 11 is 0. The third-order valence-electron chi connectivity index (χ3n) is 6.68. The number of alkyl carbamates (subject to hydrolysis) is 1. The lowest BCUT2D eigenvalue weighted by atomic mass is 9.98. The zero-order valence-corrected chi connectivity index (χ0v) is 20.9. The van der Waals surface area contributed by atoms with Crippen molar-refractivity contribution in [1.29, 1.82) is 0 Å². The summed E-state index contributed by atoms with van der Waals surface area (Å²) in [5.74, 6) is -1.98. The maximum absolute atomic E-state index is 13.3. The Kier molecular flexibility index (Phi) is 8.56. The van der Waals surface area contributed by atoms with E-state index < -0.39 is 24.5 Å². The molecule has 0 fully saturated rings. The summed E-state index contributed by atoms with van der Waals surface area (Å²) in [5.41, 5.74) is 5.40. The molecular weight excluding hydrogens is 468 g/mol. The summed E-state index contributed by atoms with van der Waals surface area (Å²) in [7, 11) is 0. The Morgan fingerprint density at radius 3 is 2.11 bits per heavy atom. The zero-order chi connectivity index (χ0) is 26.2. The molecule has 0 bridgehead atoms. The smallest absolute Gasteiger partial charge is 0.407 e. The number of carbonyl (C=O) groups is 3. The van der Waals surface area contributed by atoms with E-state index in [1.807, 2.05) is 61.5 Å². The normalized spacial score (nSPS) is 12.8. The van der Waals surface area contributed by atoms with Crippen LogP contribution in [0.4, 0.5) is 4.79 Å². The van der Waals surface area contributed by atoms with Gasteiger partial charge in [-0.15, -0.1) is 0 Å². The zero-order valence-electron chi connectivity index (χ0n) is 20.9. The summed E-state index contributed by atoms with van der Waals surface area (Å²) < 4.78 is 5.60. The van der Waals surface area contributed by atoms with Gasteiger partial charge in [0.05, 0.1) is 5.92 Å². The number of nitrogens with one attached hydrogen (secondary N) is 1. The van der Waals surface area contributed by atoms with E-state index in [0.29, 0.717) is 6.42 Å². The molecule has 1 aliphatic rings. The standard InChI is InChI=1S/C30H32N2O5/c1-2-10-22(29(35)32(19-28(33)34)18-21-11-4-3-5-12-21)17-31-30(36)37-20-27-25-15-8-6-13-23(25)24-14-7-9-16-26(24)27/h3-9,11-16,22,27H,2,10,17-20H2,1H3,(H,31,36)(H,33,34). The molecule has 192 valence electrons. The predicted molar refractivity (Wildman–Crippen MR) is 141 cm³/mol. The van der Waals surface area contributed by atoms with Gasteiger partial charge in [0.2, 0.25) is 5.91 Å². The van der Waals surface area contributed by atoms with Crippen molar-refractivity contribution in [3.63, 3.8) is 0 Å². The van der Waals surface area contributed by atoms with Crippen molar-refractivity contribution in [2.75, 3.05) is 19.7 Å². The first-order chi connectivity index (χ1) is 18.0. The molecule has 7 heteroatoms. The molecule has 0 saturated heterocycles. The van der Waals surface area contributed by atoms with E-state index in [4.69, 9.17) is 4.74 Å². The minimum atomic E-state index is -1.08. The van der Waals surface area contributed by atoms with Gasteiger partial charge in [0.25, 0.3) is 0 Å². The number of carboxylic acid groups (broad SMARTS) is 1. The van der Waals surface area contributed by atoms with Crippen LogP contribution >= 0.6 is 0 Å². The van der Waals surface area contributed by atoms with E-state index in [1.54, 1.807) is 0 Å². The molecular formula is C30H32N2O5. The first kappa shape index (κ1) is 25.9. The third-order valence-corrected chi connectivity index (χ3v) is 6.68. The van der Waals surface area contributed by atoms with E-state index in [-0.39, 0.29) is 31.5 Å². The minimum absolute atomic E-state index is 0.0526. The van der Waals surface area contributed by atoms with Gasteiger partial charge >= 0.3 is 12.1 Å². The highest BCUT2D eigenvalue weighted by molar-refractivity contribution is 5.84. The van der Waals surface area contributed by atoms with E-state index in [2.05, 4.69) is 29.6 Å². The lowest BCUT2D eigenvalue weighted by Gasteiger charge is -2.26. The first-order valence-electron chi connectivity index (χ1n) is 12.6. The second-order valence-electron chi connectivity index (χ2n) is 9.27. The van der Waals surface area contributed by atoms with Crippen LogP contribution in [-0.2, 0) is 20.9 Å². The number of aliphatic carboxylic acids is 1. The molecule has 1 atom stereocenters. The molecule has 0 radical (unpaired) electrons. The average molecular weight is 501 g/mol. The molecule has 4 rings (SSSR count). The molecule has 2 amide bonds. The molecule has 0 spiro atoms. The largest absolute Gasteiger partial charge is 0.480 e. The fraction of sp³-hybridized carbons (Fsp3) is 0.300. The summed E-state index contributed by atoms with van der Waals surface area (Å²) in [6, 6.07) is 25.5. The van der Waals surface area contributed by atoms with Crippen molar-refractivity contribution >= 4 is 18.0 Å². The Hall–Kier alpha value is -4.13. The molecule has 7 nitrogen and oxygen atoms in total. The van der Waals surface area contributed by atoms with Crippen LogP contribution in [-0.4, -0.2) is 47.7 Å². The second-order valence-corrected chi connectivity index (χ2v) is 9.27. The van der Waals surface area contributed by atoms with Crippen molar-refractivity contribution in [2.24, 2.45) is 5.92 Å². The summed E-state index contributed by atoms with van der Waals surface area (Å²) in [6.45, 7) is 2.00. The van der Waals surface area contributed by atoms with Gasteiger partial charge in [-0.3, -0.25) is 9.59 Å². The average Bonchev–Trinajstić information content (AvgIpc) is 3.23. The summed E-state index contributed by atoms with van der Waals surface area (Å²) in [4.78, 5) is 38.7. The van der Waals surface area contributed by atoms with E-state index in [9.17, 15) is 19.5 Å². The van der Waals surface area contributed by atoms with Gasteiger partial charge in [-0.2, -0.15) is 0 Å². The Morgan fingerprint density at radius 2 is 1.51 bits per heavy atom. The van der Waals surface area contributed by atoms with Gasteiger partial charge in [-0.25, -0.2) is 4.79 Å². The Labute approximate surface area is 217 Å². The lowest BCUT2D eigenvalue weighted by molar-refractivity contribution is -0.146. The van der Waals surface area contributed by atoms with Crippen molar-refractivity contribution in [2.45, 2.75) is 32.2 Å². The number of hydrogen-bond donors (Lipinski definition) is 2. The number of ether oxygens (including phenoxy) is 1. The minimum Gasteiger partial charge on any atom is -0.480 e. The number of hydrogen-bond acceptors (Lipinski definition) is 4. The van der Waals surface area contributed by atoms with Gasteiger partial charge in [0.1, 0.15) is 13.2 Å². The molecule has 3 aromatic rings. The molecule has 1 aliphatic carbocycles. The van der Waals surface area contributed by atoms with Crippen LogP contribution in [0.3, 0.4) is 0 Å². The highest BCUT2D eigenvalue weighted by Crippen LogP contribution is 2.44. The number of carboxylic acids is 1. The van der Waals surface area contributed by atoms with Crippen LogP contribution in [0, 0.1) is 5.92 Å². The van der Waals surface area contributed by atoms with Crippen molar-refractivity contribution in [3.05, 3.63) is 95.6 Å².